The van der Waals surface area contributed by atoms with Gasteiger partial charge in [0.05, 0.1) is 16.7 Å². The molecule has 0 spiro atoms. The Morgan fingerprint density at radius 1 is 0.698 bits per heavy atom. The molecule has 3 nitrogen and oxygen atoms in total. The molecule has 0 bridgehead atoms. The van der Waals surface area contributed by atoms with E-state index < -0.39 is 11.8 Å². The van der Waals surface area contributed by atoms with Crippen LogP contribution in [-0.4, -0.2) is 9.55 Å². The molecule has 3 heteroatoms. The zero-order chi connectivity index (χ0) is 30.9. The van der Waals surface area contributed by atoms with Gasteiger partial charge in [-0.2, -0.15) is 0 Å². The van der Waals surface area contributed by atoms with E-state index in [2.05, 4.69) is 89.5 Å². The summed E-state index contributed by atoms with van der Waals surface area (Å²) in [4.78, 5) is 4.78. The summed E-state index contributed by atoms with van der Waals surface area (Å²) in [7, 11) is 0. The van der Waals surface area contributed by atoms with Gasteiger partial charge in [-0.3, -0.25) is 4.98 Å². The standard InChI is InChI=1S/C40H32N2O/c1-40(2,3)25-26-16-18-27(19-17-26)28-22-23-41-33(24-28)30-13-9-14-32-38-36(43-39(30)32)21-20-35-37(38)31-12-7-8-15-34(31)42(35)29-10-5-4-6-11-29/h4-24H,25H2,1-3H3/i25D2. The summed E-state index contributed by atoms with van der Waals surface area (Å²) >= 11 is 0. The van der Waals surface area contributed by atoms with Crippen LogP contribution in [0.2, 0.25) is 0 Å². The molecule has 0 aliphatic rings. The minimum atomic E-state index is -1.44. The number of pyridine rings is 1. The average molecular weight is 559 g/mol. The van der Waals surface area contributed by atoms with Gasteiger partial charge in [0, 0.05) is 41.7 Å². The molecule has 0 fully saturated rings. The van der Waals surface area contributed by atoms with E-state index in [4.69, 9.17) is 12.1 Å². The third-order valence-electron chi connectivity index (χ3n) is 8.08. The van der Waals surface area contributed by atoms with Crippen molar-refractivity contribution in [1.29, 1.82) is 0 Å². The van der Waals surface area contributed by atoms with Crippen LogP contribution < -0.4 is 0 Å². The maximum absolute atomic E-state index is 8.65. The second-order valence-corrected chi connectivity index (χ2v) is 12.2. The molecule has 3 aromatic heterocycles. The summed E-state index contributed by atoms with van der Waals surface area (Å²) in [5.41, 5.74) is 9.06. The lowest BCUT2D eigenvalue weighted by Crippen LogP contribution is -2.08. The maximum atomic E-state index is 8.65. The van der Waals surface area contributed by atoms with E-state index in [-0.39, 0.29) is 0 Å². The Labute approximate surface area is 253 Å². The van der Waals surface area contributed by atoms with Crippen molar-refractivity contribution in [2.75, 3.05) is 0 Å². The highest BCUT2D eigenvalue weighted by Crippen LogP contribution is 2.43. The SMILES string of the molecule is [2H]C([2H])(c1ccc(-c2ccnc(-c3cccc4c3oc3ccc5c(c6ccccc6n5-c5ccccc5)c34)c2)cc1)C(C)(C)C. The van der Waals surface area contributed by atoms with Crippen LogP contribution in [-0.2, 0) is 6.37 Å². The molecule has 0 aliphatic carbocycles. The molecule has 43 heavy (non-hydrogen) atoms. The normalized spacial score (nSPS) is 13.2. The highest BCUT2D eigenvalue weighted by molar-refractivity contribution is 6.28. The average Bonchev–Trinajstić information content (AvgIpc) is 3.60. The molecule has 0 radical (unpaired) electrons. The fourth-order valence-electron chi connectivity index (χ4n) is 6.34. The lowest BCUT2D eigenvalue weighted by atomic mass is 9.87. The van der Waals surface area contributed by atoms with Crippen LogP contribution >= 0.6 is 0 Å². The molecule has 8 rings (SSSR count). The van der Waals surface area contributed by atoms with E-state index >= 15 is 0 Å². The predicted octanol–water partition coefficient (Wildman–Crippen LogP) is 11.0. The monoisotopic (exact) mass is 558 g/mol. The van der Waals surface area contributed by atoms with E-state index in [1.807, 2.05) is 63.4 Å². The third kappa shape index (κ3) is 4.31. The molecule has 5 aromatic carbocycles. The van der Waals surface area contributed by atoms with Crippen molar-refractivity contribution < 1.29 is 7.16 Å². The van der Waals surface area contributed by atoms with E-state index in [9.17, 15) is 0 Å². The highest BCUT2D eigenvalue weighted by Gasteiger charge is 2.20. The van der Waals surface area contributed by atoms with Crippen LogP contribution in [0.25, 0.3) is 71.8 Å². The smallest absolute Gasteiger partial charge is 0.144 e. The van der Waals surface area contributed by atoms with E-state index in [0.717, 1.165) is 61.0 Å². The second-order valence-electron chi connectivity index (χ2n) is 12.2. The number of nitrogens with zero attached hydrogens (tertiary/aromatic N) is 2. The van der Waals surface area contributed by atoms with Crippen LogP contribution in [0.5, 0.6) is 0 Å². The van der Waals surface area contributed by atoms with Gasteiger partial charge in [-0.15, -0.1) is 0 Å². The Morgan fingerprint density at radius 3 is 2.28 bits per heavy atom. The van der Waals surface area contributed by atoms with E-state index in [1.165, 1.54) is 10.8 Å². The Bertz CT molecular complexity index is 2380. The molecule has 0 saturated carbocycles. The molecule has 0 aliphatic heterocycles. The molecular weight excluding hydrogens is 524 g/mol. The minimum absolute atomic E-state index is 0.508. The van der Waals surface area contributed by atoms with Gasteiger partial charge in [0.1, 0.15) is 11.2 Å². The Hall–Kier alpha value is -5.15. The maximum Gasteiger partial charge on any atom is 0.144 e. The molecule has 0 amide bonds. The third-order valence-corrected chi connectivity index (χ3v) is 8.08. The van der Waals surface area contributed by atoms with Gasteiger partial charge >= 0.3 is 0 Å². The molecule has 0 unspecified atom stereocenters. The van der Waals surface area contributed by atoms with Gasteiger partial charge in [0.25, 0.3) is 0 Å². The number of hydrogen-bond acceptors (Lipinski definition) is 2. The fourth-order valence-corrected chi connectivity index (χ4v) is 6.34. The van der Waals surface area contributed by atoms with Crippen molar-refractivity contribution in [3.63, 3.8) is 0 Å². The summed E-state index contributed by atoms with van der Waals surface area (Å²) < 4.78 is 26.3. The fraction of sp³-hybridized carbons (Fsp3) is 0.125. The van der Waals surface area contributed by atoms with Gasteiger partial charge in [-0.05, 0) is 77.0 Å². The summed E-state index contributed by atoms with van der Waals surface area (Å²) in [6.45, 7) is 5.79. The quantitative estimate of drug-likeness (QED) is 0.215. The van der Waals surface area contributed by atoms with Crippen molar-refractivity contribution in [3.8, 4) is 28.1 Å². The van der Waals surface area contributed by atoms with Crippen LogP contribution in [0, 0.1) is 5.41 Å². The second kappa shape index (κ2) is 9.71. The largest absolute Gasteiger partial charge is 0.455 e. The Morgan fingerprint density at radius 2 is 1.47 bits per heavy atom. The Balaban J connectivity index is 1.29. The molecule has 3 heterocycles. The lowest BCUT2D eigenvalue weighted by Gasteiger charge is -2.18. The van der Waals surface area contributed by atoms with Crippen LogP contribution in [0.15, 0.2) is 132 Å². The molecule has 0 atom stereocenters. The predicted molar refractivity (Wildman–Crippen MR) is 180 cm³/mol. The minimum Gasteiger partial charge on any atom is -0.455 e. The number of hydrogen-bond donors (Lipinski definition) is 0. The number of aromatic nitrogens is 2. The number of benzene rings is 5. The molecule has 0 N–H and O–H groups in total. The summed E-state index contributed by atoms with van der Waals surface area (Å²) in [5, 5.41) is 4.54. The van der Waals surface area contributed by atoms with Crippen molar-refractivity contribution in [2.24, 2.45) is 5.41 Å². The van der Waals surface area contributed by atoms with Gasteiger partial charge in [-0.1, -0.05) is 93.6 Å². The summed E-state index contributed by atoms with van der Waals surface area (Å²) in [6, 6.07) is 41.5. The number of para-hydroxylation sites is 3. The molecule has 208 valence electrons. The molecular formula is C40H32N2O. The van der Waals surface area contributed by atoms with Crippen LogP contribution in [0.3, 0.4) is 0 Å². The van der Waals surface area contributed by atoms with Gasteiger partial charge in [0.15, 0.2) is 0 Å². The van der Waals surface area contributed by atoms with Crippen molar-refractivity contribution in [3.05, 3.63) is 133 Å². The first-order chi connectivity index (χ1) is 21.7. The summed E-state index contributed by atoms with van der Waals surface area (Å²) in [5.74, 6) is 0. The van der Waals surface area contributed by atoms with Gasteiger partial charge < -0.3 is 8.98 Å². The van der Waals surface area contributed by atoms with E-state index in [1.54, 1.807) is 0 Å². The van der Waals surface area contributed by atoms with Gasteiger partial charge in [-0.25, -0.2) is 0 Å². The first-order valence-corrected chi connectivity index (χ1v) is 14.7. The first-order valence-electron chi connectivity index (χ1n) is 15.7. The zero-order valence-electron chi connectivity index (χ0n) is 26.4. The van der Waals surface area contributed by atoms with Crippen molar-refractivity contribution >= 4 is 43.7 Å². The molecule has 8 aromatic rings. The van der Waals surface area contributed by atoms with E-state index in [0.29, 0.717) is 5.56 Å². The van der Waals surface area contributed by atoms with Crippen molar-refractivity contribution in [1.82, 2.24) is 9.55 Å². The Kier molecular flexibility index (Phi) is 5.29. The first kappa shape index (κ1) is 23.4. The topological polar surface area (TPSA) is 31.0 Å². The van der Waals surface area contributed by atoms with Crippen LogP contribution in [0.4, 0.5) is 0 Å². The summed E-state index contributed by atoms with van der Waals surface area (Å²) in [6.07, 6.45) is 0.394. The van der Waals surface area contributed by atoms with Crippen molar-refractivity contribution in [2.45, 2.75) is 27.1 Å². The molecule has 0 saturated heterocycles. The van der Waals surface area contributed by atoms with Gasteiger partial charge in [0.2, 0.25) is 0 Å². The number of furan rings is 1. The lowest BCUT2D eigenvalue weighted by molar-refractivity contribution is 0.411. The van der Waals surface area contributed by atoms with Crippen LogP contribution in [0.1, 0.15) is 29.1 Å². The zero-order valence-corrected chi connectivity index (χ0v) is 24.4. The number of rotatable bonds is 4. The highest BCUT2D eigenvalue weighted by atomic mass is 16.3. The number of fused-ring (bicyclic) bond motifs is 7.